The first-order valence-corrected chi connectivity index (χ1v) is 18.7. The fourth-order valence-electron chi connectivity index (χ4n) is 7.68. The summed E-state index contributed by atoms with van der Waals surface area (Å²) in [5.74, 6) is 1.93. The minimum absolute atomic E-state index is 0.636. The van der Waals surface area contributed by atoms with Crippen LogP contribution in [0.15, 0.2) is 197 Å². The minimum Gasteiger partial charge on any atom is -0.456 e. The van der Waals surface area contributed by atoms with Gasteiger partial charge < -0.3 is 8.83 Å². The molecule has 8 aromatic carbocycles. The Morgan fingerprint density at radius 1 is 0.232 bits per heavy atom. The second kappa shape index (κ2) is 13.0. The van der Waals surface area contributed by atoms with E-state index in [0.717, 1.165) is 93.9 Å². The van der Waals surface area contributed by atoms with Gasteiger partial charge in [-0.2, -0.15) is 0 Å². The summed E-state index contributed by atoms with van der Waals surface area (Å²) in [5, 5.41) is 4.28. The Morgan fingerprint density at radius 2 is 0.625 bits per heavy atom. The number of para-hydroxylation sites is 1. The summed E-state index contributed by atoms with van der Waals surface area (Å²) in [4.78, 5) is 14.7. The number of furan rings is 2. The van der Waals surface area contributed by atoms with Gasteiger partial charge in [-0.05, 0) is 75.8 Å². The van der Waals surface area contributed by atoms with Crippen molar-refractivity contribution in [3.63, 3.8) is 0 Å². The Hall–Kier alpha value is -7.63. The maximum Gasteiger partial charge on any atom is 0.164 e. The normalized spacial score (nSPS) is 11.6. The number of hydrogen-bond acceptors (Lipinski definition) is 5. The number of fused-ring (bicyclic) bond motifs is 6. The summed E-state index contributed by atoms with van der Waals surface area (Å²) >= 11 is 0. The van der Waals surface area contributed by atoms with Crippen molar-refractivity contribution in [2.24, 2.45) is 0 Å². The second-order valence-corrected chi connectivity index (χ2v) is 14.0. The molecule has 0 amide bonds. The topological polar surface area (TPSA) is 65.0 Å². The lowest BCUT2D eigenvalue weighted by atomic mass is 9.96. The molecule has 262 valence electrons. The highest BCUT2D eigenvalue weighted by Gasteiger charge is 2.16. The third kappa shape index (κ3) is 5.62. The highest BCUT2D eigenvalue weighted by Crippen LogP contribution is 2.39. The molecule has 0 saturated carbocycles. The smallest absolute Gasteiger partial charge is 0.164 e. The fraction of sp³-hybridized carbons (Fsp3) is 0. The van der Waals surface area contributed by atoms with Crippen molar-refractivity contribution < 1.29 is 8.83 Å². The number of hydrogen-bond donors (Lipinski definition) is 0. The molecular weight excluding hydrogens is 687 g/mol. The zero-order chi connectivity index (χ0) is 37.0. The monoisotopic (exact) mass is 717 g/mol. The van der Waals surface area contributed by atoms with Gasteiger partial charge in [0.2, 0.25) is 0 Å². The molecule has 0 aliphatic heterocycles. The summed E-state index contributed by atoms with van der Waals surface area (Å²) in [6.07, 6.45) is 0. The van der Waals surface area contributed by atoms with Crippen molar-refractivity contribution in [3.8, 4) is 67.5 Å². The molecule has 0 atom stereocenters. The van der Waals surface area contributed by atoms with E-state index >= 15 is 0 Å². The van der Waals surface area contributed by atoms with Crippen molar-refractivity contribution in [1.29, 1.82) is 0 Å². The Kier molecular flexibility index (Phi) is 7.42. The van der Waals surface area contributed by atoms with E-state index in [-0.39, 0.29) is 0 Å². The van der Waals surface area contributed by atoms with Gasteiger partial charge in [0, 0.05) is 38.2 Å². The van der Waals surface area contributed by atoms with Gasteiger partial charge in [0.15, 0.2) is 17.5 Å². The largest absolute Gasteiger partial charge is 0.456 e. The van der Waals surface area contributed by atoms with Gasteiger partial charge in [0.25, 0.3) is 0 Å². The second-order valence-electron chi connectivity index (χ2n) is 14.0. The third-order valence-electron chi connectivity index (χ3n) is 10.5. The van der Waals surface area contributed by atoms with E-state index < -0.39 is 0 Å². The van der Waals surface area contributed by atoms with Gasteiger partial charge in [-0.1, -0.05) is 146 Å². The van der Waals surface area contributed by atoms with Crippen LogP contribution < -0.4 is 0 Å². The lowest BCUT2D eigenvalue weighted by molar-refractivity contribution is 0.664. The average molecular weight is 718 g/mol. The summed E-state index contributed by atoms with van der Waals surface area (Å²) in [6, 6.07) is 64.8. The number of aromatic nitrogens is 3. The van der Waals surface area contributed by atoms with Crippen LogP contribution in [0.4, 0.5) is 0 Å². The SMILES string of the molecule is c1ccc(-c2nc(-c3ccccc3)nc(-c3cccc(-c4ccc(-c5cccc(-c6ccc7oc8cc9c(cc8c7c6)oc6ccccc69)c5)cc4)c3)n2)cc1. The Bertz CT molecular complexity index is 3180. The van der Waals surface area contributed by atoms with E-state index in [1.807, 2.05) is 78.9 Å². The highest BCUT2D eigenvalue weighted by atomic mass is 16.3. The van der Waals surface area contributed by atoms with Crippen LogP contribution in [0.5, 0.6) is 0 Å². The zero-order valence-electron chi connectivity index (χ0n) is 30.1. The molecule has 0 fully saturated rings. The van der Waals surface area contributed by atoms with E-state index in [9.17, 15) is 0 Å². The summed E-state index contributed by atoms with van der Waals surface area (Å²) in [6.45, 7) is 0. The van der Waals surface area contributed by atoms with Crippen LogP contribution in [0.2, 0.25) is 0 Å². The lowest BCUT2D eigenvalue weighted by Crippen LogP contribution is -2.00. The van der Waals surface area contributed by atoms with Crippen molar-refractivity contribution in [1.82, 2.24) is 15.0 Å². The maximum atomic E-state index is 6.34. The molecular formula is C51H31N3O2. The highest BCUT2D eigenvalue weighted by molar-refractivity contribution is 6.15. The Balaban J connectivity index is 0.906. The molecule has 11 aromatic rings. The quantitative estimate of drug-likeness (QED) is 0.171. The predicted octanol–water partition coefficient (Wildman–Crippen LogP) is 13.7. The third-order valence-corrected chi connectivity index (χ3v) is 10.5. The van der Waals surface area contributed by atoms with Crippen molar-refractivity contribution >= 4 is 43.9 Å². The standard InChI is InChI=1S/C51H31N3O2/c1-3-11-34(12-4-1)49-52-50(35-13-5-2-6-14-35)54-51(53-49)40-18-10-16-37(28-40)33-23-21-32(22-24-33)36-15-9-17-38(27-36)39-25-26-46-42(29-39)44-31-47-43(30-48(44)56-46)41-19-7-8-20-45(41)55-47/h1-31H. The van der Waals surface area contributed by atoms with Gasteiger partial charge in [0.05, 0.1) is 0 Å². The van der Waals surface area contributed by atoms with Gasteiger partial charge in [-0.3, -0.25) is 0 Å². The predicted molar refractivity (Wildman–Crippen MR) is 227 cm³/mol. The first-order valence-electron chi connectivity index (χ1n) is 18.7. The molecule has 0 saturated heterocycles. The first-order chi connectivity index (χ1) is 27.7. The number of nitrogens with zero attached hydrogens (tertiary/aromatic N) is 3. The van der Waals surface area contributed by atoms with Crippen LogP contribution in [0.25, 0.3) is 111 Å². The molecule has 0 aliphatic rings. The molecule has 3 heterocycles. The van der Waals surface area contributed by atoms with Crippen molar-refractivity contribution in [2.75, 3.05) is 0 Å². The molecule has 0 spiro atoms. The number of rotatable bonds is 6. The molecule has 3 aromatic heterocycles. The van der Waals surface area contributed by atoms with Gasteiger partial charge >= 0.3 is 0 Å². The molecule has 5 nitrogen and oxygen atoms in total. The maximum absolute atomic E-state index is 6.34. The van der Waals surface area contributed by atoms with Crippen LogP contribution in [-0.4, -0.2) is 15.0 Å². The van der Waals surface area contributed by atoms with E-state index in [1.54, 1.807) is 0 Å². The summed E-state index contributed by atoms with van der Waals surface area (Å²) in [7, 11) is 0. The molecule has 56 heavy (non-hydrogen) atoms. The molecule has 0 aliphatic carbocycles. The minimum atomic E-state index is 0.636. The van der Waals surface area contributed by atoms with E-state index in [0.29, 0.717) is 17.5 Å². The van der Waals surface area contributed by atoms with E-state index in [4.69, 9.17) is 23.8 Å². The van der Waals surface area contributed by atoms with E-state index in [2.05, 4.69) is 109 Å². The van der Waals surface area contributed by atoms with Crippen molar-refractivity contribution in [2.45, 2.75) is 0 Å². The van der Waals surface area contributed by atoms with E-state index in [1.165, 1.54) is 0 Å². The van der Waals surface area contributed by atoms with Crippen LogP contribution in [-0.2, 0) is 0 Å². The first kappa shape index (κ1) is 31.9. The number of benzene rings is 8. The van der Waals surface area contributed by atoms with Crippen LogP contribution >= 0.6 is 0 Å². The van der Waals surface area contributed by atoms with Gasteiger partial charge in [-0.25, -0.2) is 15.0 Å². The van der Waals surface area contributed by atoms with Gasteiger partial charge in [0.1, 0.15) is 22.3 Å². The molecule has 0 unspecified atom stereocenters. The Labute approximate surface area is 322 Å². The molecule has 0 radical (unpaired) electrons. The molecule has 0 bridgehead atoms. The van der Waals surface area contributed by atoms with Crippen LogP contribution in [0.3, 0.4) is 0 Å². The average Bonchev–Trinajstić information content (AvgIpc) is 3.83. The lowest BCUT2D eigenvalue weighted by Gasteiger charge is -2.10. The summed E-state index contributed by atoms with van der Waals surface area (Å²) < 4.78 is 12.5. The Morgan fingerprint density at radius 3 is 1.23 bits per heavy atom. The molecule has 11 rings (SSSR count). The fourth-order valence-corrected chi connectivity index (χ4v) is 7.68. The molecule has 0 N–H and O–H groups in total. The zero-order valence-corrected chi connectivity index (χ0v) is 30.1. The summed E-state index contributed by atoms with van der Waals surface area (Å²) in [5.41, 5.74) is 13.1. The van der Waals surface area contributed by atoms with Crippen LogP contribution in [0.1, 0.15) is 0 Å². The molecule has 5 heteroatoms. The van der Waals surface area contributed by atoms with Crippen molar-refractivity contribution in [3.05, 3.63) is 188 Å². The van der Waals surface area contributed by atoms with Crippen LogP contribution in [0, 0.1) is 0 Å². The van der Waals surface area contributed by atoms with Gasteiger partial charge in [-0.15, -0.1) is 0 Å².